The number of carbonyl (C=O) groups is 1. The number of rotatable bonds is 5. The average Bonchev–Trinajstić information content (AvgIpc) is 2.96. The van der Waals surface area contributed by atoms with Gasteiger partial charge in [0.05, 0.1) is 18.1 Å². The average molecular weight is 280 g/mol. The smallest absolute Gasteiger partial charge is 0.405 e. The molecule has 6 heteroatoms. The molecular weight excluding hydrogens is 256 g/mol. The van der Waals surface area contributed by atoms with Crippen LogP contribution in [-0.4, -0.2) is 45.8 Å². The zero-order valence-corrected chi connectivity index (χ0v) is 12.4. The molecule has 0 aromatic carbocycles. The molecule has 0 radical (unpaired) electrons. The van der Waals surface area contributed by atoms with Gasteiger partial charge in [0.2, 0.25) is 0 Å². The normalized spacial score (nSPS) is 21.3. The summed E-state index contributed by atoms with van der Waals surface area (Å²) in [6.07, 6.45) is 3.99. The molecule has 1 amide bonds. The molecule has 2 rings (SSSR count). The van der Waals surface area contributed by atoms with E-state index in [-0.39, 0.29) is 12.0 Å². The van der Waals surface area contributed by atoms with E-state index < -0.39 is 6.09 Å². The summed E-state index contributed by atoms with van der Waals surface area (Å²) in [7, 11) is 2.14. The maximum Gasteiger partial charge on any atom is 0.405 e. The van der Waals surface area contributed by atoms with Crippen LogP contribution in [-0.2, 0) is 6.54 Å². The van der Waals surface area contributed by atoms with Crippen molar-refractivity contribution < 1.29 is 9.90 Å². The number of imidazole rings is 1. The molecule has 0 bridgehead atoms. The van der Waals surface area contributed by atoms with Gasteiger partial charge in [-0.3, -0.25) is 0 Å². The molecule has 1 aromatic rings. The molecular formula is C14H24N4O2. The summed E-state index contributed by atoms with van der Waals surface area (Å²) < 4.78 is 2.08. The number of aromatic nitrogens is 2. The minimum absolute atomic E-state index is 0.173. The molecule has 1 fully saturated rings. The van der Waals surface area contributed by atoms with Crippen molar-refractivity contribution in [1.82, 2.24) is 19.8 Å². The number of carboxylic acid groups (broad SMARTS) is 1. The summed E-state index contributed by atoms with van der Waals surface area (Å²) in [6, 6.07) is -0.250. The minimum Gasteiger partial charge on any atom is -0.465 e. The van der Waals surface area contributed by atoms with E-state index in [1.165, 1.54) is 6.42 Å². The van der Waals surface area contributed by atoms with Crippen molar-refractivity contribution in [1.29, 1.82) is 0 Å². The molecule has 0 aliphatic carbocycles. The van der Waals surface area contributed by atoms with Crippen molar-refractivity contribution in [2.24, 2.45) is 11.8 Å². The molecule has 2 heterocycles. The molecule has 1 saturated heterocycles. The Balaban J connectivity index is 2.01. The van der Waals surface area contributed by atoms with E-state index in [2.05, 4.69) is 26.8 Å². The lowest BCUT2D eigenvalue weighted by atomic mass is 10.0. The van der Waals surface area contributed by atoms with Crippen LogP contribution in [0.1, 0.15) is 32.0 Å². The van der Waals surface area contributed by atoms with Crippen LogP contribution < -0.4 is 5.32 Å². The van der Waals surface area contributed by atoms with E-state index in [4.69, 9.17) is 5.11 Å². The quantitative estimate of drug-likeness (QED) is 0.863. The van der Waals surface area contributed by atoms with Crippen LogP contribution >= 0.6 is 0 Å². The van der Waals surface area contributed by atoms with E-state index in [1.54, 1.807) is 0 Å². The third-order valence-corrected chi connectivity index (χ3v) is 3.88. The Bertz CT molecular complexity index is 458. The monoisotopic (exact) mass is 280 g/mol. The molecule has 1 aliphatic heterocycles. The number of hydrogen-bond acceptors (Lipinski definition) is 3. The molecule has 0 spiro atoms. The molecule has 0 unspecified atom stereocenters. The van der Waals surface area contributed by atoms with Crippen molar-refractivity contribution >= 4 is 6.09 Å². The fraction of sp³-hybridized carbons (Fsp3) is 0.714. The second-order valence-electron chi connectivity index (χ2n) is 6.08. The highest BCUT2D eigenvalue weighted by molar-refractivity contribution is 5.65. The van der Waals surface area contributed by atoms with Crippen LogP contribution in [0.2, 0.25) is 0 Å². The van der Waals surface area contributed by atoms with E-state index in [9.17, 15) is 4.79 Å². The largest absolute Gasteiger partial charge is 0.465 e. The van der Waals surface area contributed by atoms with Crippen LogP contribution in [0.25, 0.3) is 0 Å². The number of amides is 1. The maximum absolute atomic E-state index is 10.9. The zero-order valence-electron chi connectivity index (χ0n) is 12.4. The van der Waals surface area contributed by atoms with Gasteiger partial charge in [-0.25, -0.2) is 9.78 Å². The number of hydrogen-bond donors (Lipinski definition) is 2. The van der Waals surface area contributed by atoms with Crippen LogP contribution in [0.4, 0.5) is 4.79 Å². The second-order valence-corrected chi connectivity index (χ2v) is 6.08. The van der Waals surface area contributed by atoms with Gasteiger partial charge in [-0.15, -0.1) is 0 Å². The number of likely N-dealkylation sites (tertiary alicyclic amines) is 1. The zero-order chi connectivity index (χ0) is 14.7. The highest BCUT2D eigenvalue weighted by Gasteiger charge is 2.22. The van der Waals surface area contributed by atoms with E-state index in [1.807, 2.05) is 26.4 Å². The molecule has 6 nitrogen and oxygen atoms in total. The van der Waals surface area contributed by atoms with Crippen molar-refractivity contribution in [3.63, 3.8) is 0 Å². The van der Waals surface area contributed by atoms with Gasteiger partial charge >= 0.3 is 6.09 Å². The van der Waals surface area contributed by atoms with Crippen LogP contribution in [0.15, 0.2) is 12.5 Å². The van der Waals surface area contributed by atoms with E-state index in [0.29, 0.717) is 5.92 Å². The Morgan fingerprint density at radius 2 is 2.35 bits per heavy atom. The van der Waals surface area contributed by atoms with Crippen molar-refractivity contribution in [3.8, 4) is 0 Å². The van der Waals surface area contributed by atoms with Crippen LogP contribution in [0.3, 0.4) is 0 Å². The van der Waals surface area contributed by atoms with Crippen LogP contribution in [0, 0.1) is 11.8 Å². The van der Waals surface area contributed by atoms with Gasteiger partial charge in [0.25, 0.3) is 0 Å². The Labute approximate surface area is 119 Å². The predicted octanol–water partition coefficient (Wildman–Crippen LogP) is 1.80. The highest BCUT2D eigenvalue weighted by atomic mass is 16.4. The van der Waals surface area contributed by atoms with Crippen molar-refractivity contribution in [3.05, 3.63) is 18.2 Å². The topological polar surface area (TPSA) is 70.4 Å². The third kappa shape index (κ3) is 3.72. The minimum atomic E-state index is -1.00. The molecule has 112 valence electrons. The maximum atomic E-state index is 10.9. The number of nitrogens with zero attached hydrogens (tertiary/aromatic N) is 3. The Morgan fingerprint density at radius 3 is 2.90 bits per heavy atom. The van der Waals surface area contributed by atoms with Gasteiger partial charge in [-0.2, -0.15) is 0 Å². The fourth-order valence-electron chi connectivity index (χ4n) is 2.83. The van der Waals surface area contributed by atoms with Gasteiger partial charge in [-0.05, 0) is 31.8 Å². The SMILES string of the molecule is CC(C)[C@H](NC(=O)O)c1cn(C[C@@H]2CCN(C)C2)cn1. The van der Waals surface area contributed by atoms with Gasteiger partial charge in [0.15, 0.2) is 0 Å². The molecule has 1 aromatic heterocycles. The lowest BCUT2D eigenvalue weighted by molar-refractivity contribution is 0.185. The summed E-state index contributed by atoms with van der Waals surface area (Å²) >= 11 is 0. The molecule has 20 heavy (non-hydrogen) atoms. The molecule has 2 atom stereocenters. The van der Waals surface area contributed by atoms with E-state index in [0.717, 1.165) is 25.3 Å². The molecule has 0 saturated carbocycles. The summed E-state index contributed by atoms with van der Waals surface area (Å²) in [5.74, 6) is 0.832. The summed E-state index contributed by atoms with van der Waals surface area (Å²) in [6.45, 7) is 7.21. The Morgan fingerprint density at radius 1 is 1.60 bits per heavy atom. The lowest BCUT2D eigenvalue weighted by Gasteiger charge is -2.18. The van der Waals surface area contributed by atoms with Gasteiger partial charge in [-0.1, -0.05) is 13.8 Å². The Hall–Kier alpha value is -1.56. The number of nitrogens with one attached hydrogen (secondary N) is 1. The predicted molar refractivity (Wildman–Crippen MR) is 76.6 cm³/mol. The second kappa shape index (κ2) is 6.26. The summed E-state index contributed by atoms with van der Waals surface area (Å²) in [5, 5.41) is 11.5. The van der Waals surface area contributed by atoms with Crippen molar-refractivity contribution in [2.75, 3.05) is 20.1 Å². The summed E-state index contributed by atoms with van der Waals surface area (Å²) in [5.41, 5.74) is 0.800. The Kier molecular flexibility index (Phi) is 4.65. The van der Waals surface area contributed by atoms with Crippen LogP contribution in [0.5, 0.6) is 0 Å². The first-order valence-corrected chi connectivity index (χ1v) is 7.15. The lowest BCUT2D eigenvalue weighted by Crippen LogP contribution is -2.30. The molecule has 1 aliphatic rings. The summed E-state index contributed by atoms with van der Waals surface area (Å²) in [4.78, 5) is 17.6. The van der Waals surface area contributed by atoms with Gasteiger partial charge in [0.1, 0.15) is 0 Å². The third-order valence-electron chi connectivity index (χ3n) is 3.88. The highest BCUT2D eigenvalue weighted by Crippen LogP contribution is 2.21. The van der Waals surface area contributed by atoms with E-state index >= 15 is 0 Å². The fourth-order valence-corrected chi connectivity index (χ4v) is 2.83. The first-order chi connectivity index (χ1) is 9.45. The van der Waals surface area contributed by atoms with Crippen molar-refractivity contribution in [2.45, 2.75) is 32.9 Å². The standard InChI is InChI=1S/C14H24N4O2/c1-10(2)13(16-14(19)20)12-8-18(9-15-12)7-11-4-5-17(3)6-11/h8-11,13,16H,4-7H2,1-3H3,(H,19,20)/t11-,13+/m1/s1. The van der Waals surface area contributed by atoms with Gasteiger partial charge < -0.3 is 19.9 Å². The molecule has 2 N–H and O–H groups in total. The van der Waals surface area contributed by atoms with Gasteiger partial charge in [0, 0.05) is 19.3 Å². The first kappa shape index (κ1) is 14.8. The first-order valence-electron chi connectivity index (χ1n) is 7.15.